The van der Waals surface area contributed by atoms with Crippen molar-refractivity contribution in [3.8, 4) is 33.1 Å². The zero-order valence-electron chi connectivity index (χ0n) is 34.1. The van der Waals surface area contributed by atoms with Crippen LogP contribution in [0.2, 0.25) is 0 Å². The molecule has 0 radical (unpaired) electrons. The lowest BCUT2D eigenvalue weighted by Crippen LogP contribution is -2.14. The van der Waals surface area contributed by atoms with Gasteiger partial charge >= 0.3 is 0 Å². The molecule has 8 rings (SSSR count). The number of ketones is 1. The molecule has 0 atom stereocenters. The summed E-state index contributed by atoms with van der Waals surface area (Å²) in [7, 11) is 0. The predicted octanol–water partition coefficient (Wildman–Crippen LogP) is 13.3. The van der Waals surface area contributed by atoms with Crippen molar-refractivity contribution in [2.24, 2.45) is 0 Å². The number of halogens is 5. The number of Topliss-reactive ketones (excluding diaryl/α,β-unsaturated/α-hetero) is 1. The van der Waals surface area contributed by atoms with Crippen molar-refractivity contribution in [1.82, 2.24) is 19.9 Å². The van der Waals surface area contributed by atoms with E-state index in [0.29, 0.717) is 5.56 Å². The maximum atomic E-state index is 13.8. The van der Waals surface area contributed by atoms with Crippen molar-refractivity contribution >= 4 is 56.0 Å². The van der Waals surface area contributed by atoms with Crippen LogP contribution in [0.4, 0.5) is 23.2 Å². The van der Waals surface area contributed by atoms with Gasteiger partial charge in [-0.15, -0.1) is 22.7 Å². The molecular weight excluding hydrogens is 899 g/mol. The number of amides is 1. The molecular formula is C48H38BrF4N5O2S2. The molecule has 14 heteroatoms. The number of carbonyl (C=O) groups excluding carboxylic acids is 2. The van der Waals surface area contributed by atoms with Crippen molar-refractivity contribution in [2.75, 3.05) is 5.32 Å². The normalized spacial score (nSPS) is 10.6. The molecule has 0 bridgehead atoms. The van der Waals surface area contributed by atoms with E-state index in [9.17, 15) is 27.2 Å². The fourth-order valence-corrected chi connectivity index (χ4v) is 8.40. The van der Waals surface area contributed by atoms with E-state index < -0.39 is 34.9 Å². The van der Waals surface area contributed by atoms with Crippen LogP contribution in [0.5, 0.6) is 0 Å². The van der Waals surface area contributed by atoms with Gasteiger partial charge in [-0.25, -0.2) is 27.5 Å². The molecule has 4 aromatic carbocycles. The zero-order chi connectivity index (χ0) is 44.5. The van der Waals surface area contributed by atoms with Crippen molar-refractivity contribution in [1.29, 1.82) is 0 Å². The number of aryl methyl sites for hydroxylation is 5. The molecule has 1 amide bonds. The van der Waals surface area contributed by atoms with Gasteiger partial charge in [-0.05, 0) is 111 Å². The molecule has 0 unspecified atom stereocenters. The van der Waals surface area contributed by atoms with Gasteiger partial charge in [0.05, 0.1) is 11.4 Å². The lowest BCUT2D eigenvalue weighted by atomic mass is 10.0. The number of hydrogen-bond acceptors (Lipinski definition) is 8. The molecule has 0 aliphatic carbocycles. The highest BCUT2D eigenvalue weighted by Gasteiger charge is 2.17. The topological polar surface area (TPSA) is 97.7 Å². The summed E-state index contributed by atoms with van der Waals surface area (Å²) in [6.45, 7) is 9.91. The SMILES string of the molecule is Cc1ccc(-c2nc(-c3ccc(C(=O)Nc4c(F)cccc4F)cc3)c(C)s2)cn1.Cc1ccc(C)nc1.Cc1sc(Br)nc1-c1ccc(C(=O)Cc2c(F)cccc2F)cc1. The second-order valence-corrected chi connectivity index (χ2v) is 17.6. The van der Waals surface area contributed by atoms with Crippen LogP contribution in [-0.2, 0) is 6.42 Å². The first-order valence-electron chi connectivity index (χ1n) is 19.0. The van der Waals surface area contributed by atoms with E-state index in [-0.39, 0.29) is 23.3 Å². The standard InChI is InChI=1S/C23H17F2N3OS.C18H12BrF2NOS.C7H9N/c1-13-6-7-17(12-26-13)23-28-20(14(2)30-23)15-8-10-16(11-9-15)22(29)27-21-18(24)4-3-5-19(21)25;1-10-17(22-18(19)24-10)12-7-5-11(6-8-12)16(23)9-13-14(20)3-2-4-15(13)21;1-6-3-4-7(2)8-5-6/h3-12H,1-2H3,(H,27,29);2-8H,9H2,1H3;3-5H,1-2H3. The minimum Gasteiger partial charge on any atom is -0.317 e. The van der Waals surface area contributed by atoms with Crippen molar-refractivity contribution in [2.45, 2.75) is 41.0 Å². The Balaban J connectivity index is 0.000000178. The third-order valence-corrected chi connectivity index (χ3v) is 11.7. The highest BCUT2D eigenvalue weighted by molar-refractivity contribution is 9.11. The maximum Gasteiger partial charge on any atom is 0.255 e. The Labute approximate surface area is 372 Å². The van der Waals surface area contributed by atoms with Gasteiger partial charge in [0.2, 0.25) is 0 Å². The number of carbonyl (C=O) groups is 2. The molecule has 0 fully saturated rings. The molecule has 4 aromatic heterocycles. The molecule has 0 aliphatic heterocycles. The highest BCUT2D eigenvalue weighted by Crippen LogP contribution is 2.34. The average Bonchev–Trinajstić information content (AvgIpc) is 3.82. The van der Waals surface area contributed by atoms with Crippen molar-refractivity contribution < 1.29 is 27.2 Å². The number of thiazole rings is 2. The fourth-order valence-electron chi connectivity index (χ4n) is 5.92. The Hall–Kier alpha value is -6.22. The van der Waals surface area contributed by atoms with Crippen LogP contribution in [0, 0.1) is 57.9 Å². The molecule has 0 saturated heterocycles. The molecule has 0 saturated carbocycles. The summed E-state index contributed by atoms with van der Waals surface area (Å²) < 4.78 is 55.6. The van der Waals surface area contributed by atoms with Crippen LogP contribution in [0.25, 0.3) is 33.1 Å². The minimum atomic E-state index is -0.823. The number of nitrogens with zero attached hydrogens (tertiary/aromatic N) is 4. The molecule has 8 aromatic rings. The number of aromatic nitrogens is 4. The molecule has 62 heavy (non-hydrogen) atoms. The van der Waals surface area contributed by atoms with E-state index in [1.807, 2.05) is 59.0 Å². The summed E-state index contributed by atoms with van der Waals surface area (Å²) in [4.78, 5) is 44.3. The van der Waals surface area contributed by atoms with Gasteiger partial charge in [-0.3, -0.25) is 19.6 Å². The summed E-state index contributed by atoms with van der Waals surface area (Å²) in [5, 5.41) is 3.15. The van der Waals surface area contributed by atoms with Crippen LogP contribution in [0.15, 0.2) is 126 Å². The van der Waals surface area contributed by atoms with E-state index in [4.69, 9.17) is 4.98 Å². The van der Waals surface area contributed by atoms with Gasteiger partial charge < -0.3 is 5.32 Å². The molecule has 314 valence electrons. The van der Waals surface area contributed by atoms with Gasteiger partial charge in [0.25, 0.3) is 5.91 Å². The van der Waals surface area contributed by atoms with E-state index in [1.165, 1.54) is 29.0 Å². The number of hydrogen-bond donors (Lipinski definition) is 1. The average molecular weight is 937 g/mol. The van der Waals surface area contributed by atoms with Gasteiger partial charge in [-0.1, -0.05) is 54.6 Å². The Kier molecular flexibility index (Phi) is 15.0. The summed E-state index contributed by atoms with van der Waals surface area (Å²) >= 11 is 6.46. The molecule has 7 nitrogen and oxygen atoms in total. The Bertz CT molecular complexity index is 2770. The largest absolute Gasteiger partial charge is 0.317 e. The van der Waals surface area contributed by atoms with Crippen LogP contribution < -0.4 is 5.32 Å². The van der Waals surface area contributed by atoms with Gasteiger partial charge in [-0.2, -0.15) is 0 Å². The first kappa shape index (κ1) is 45.3. The molecule has 0 aliphatic rings. The van der Waals surface area contributed by atoms with E-state index >= 15 is 0 Å². The quantitative estimate of drug-likeness (QED) is 0.120. The van der Waals surface area contributed by atoms with Crippen molar-refractivity contribution in [3.63, 3.8) is 0 Å². The second-order valence-electron chi connectivity index (χ2n) is 14.0. The van der Waals surface area contributed by atoms with Gasteiger partial charge in [0, 0.05) is 73.3 Å². The molecule has 1 N–H and O–H groups in total. The van der Waals surface area contributed by atoms with Crippen LogP contribution in [0.3, 0.4) is 0 Å². The Morgan fingerprint density at radius 3 is 1.58 bits per heavy atom. The summed E-state index contributed by atoms with van der Waals surface area (Å²) in [6.07, 6.45) is 3.36. The van der Waals surface area contributed by atoms with E-state index in [1.54, 1.807) is 66.1 Å². The maximum absolute atomic E-state index is 13.8. The summed E-state index contributed by atoms with van der Waals surface area (Å²) in [5.74, 6) is -3.98. The number of anilines is 1. The number of para-hydroxylation sites is 1. The van der Waals surface area contributed by atoms with Crippen molar-refractivity contribution in [3.05, 3.63) is 192 Å². The van der Waals surface area contributed by atoms with Crippen LogP contribution in [-0.4, -0.2) is 31.6 Å². The lowest BCUT2D eigenvalue weighted by Gasteiger charge is -2.08. The lowest BCUT2D eigenvalue weighted by molar-refractivity contribution is 0.0988. The van der Waals surface area contributed by atoms with Gasteiger partial charge in [0.1, 0.15) is 34.0 Å². The number of pyridine rings is 2. The summed E-state index contributed by atoms with van der Waals surface area (Å²) in [5.41, 5.74) is 7.64. The van der Waals surface area contributed by atoms with Crippen LogP contribution >= 0.6 is 38.6 Å². The van der Waals surface area contributed by atoms with Crippen LogP contribution in [0.1, 0.15) is 53.0 Å². The minimum absolute atomic E-state index is 0.203. The fraction of sp³-hybridized carbons (Fsp3) is 0.125. The third-order valence-electron chi connectivity index (χ3n) is 9.29. The molecule has 0 spiro atoms. The number of benzene rings is 4. The highest BCUT2D eigenvalue weighted by atomic mass is 79.9. The monoisotopic (exact) mass is 935 g/mol. The Morgan fingerprint density at radius 2 is 1.08 bits per heavy atom. The third kappa shape index (κ3) is 11.6. The summed E-state index contributed by atoms with van der Waals surface area (Å²) in [6, 6.07) is 28.6. The van der Waals surface area contributed by atoms with E-state index in [2.05, 4.69) is 42.3 Å². The first-order chi connectivity index (χ1) is 29.7. The Morgan fingerprint density at radius 1 is 0.581 bits per heavy atom. The second kappa shape index (κ2) is 20.6. The zero-order valence-corrected chi connectivity index (χ0v) is 37.3. The smallest absolute Gasteiger partial charge is 0.255 e. The molecule has 4 heterocycles. The predicted molar refractivity (Wildman–Crippen MR) is 243 cm³/mol. The van der Waals surface area contributed by atoms with Gasteiger partial charge in [0.15, 0.2) is 9.70 Å². The number of nitrogens with one attached hydrogen (secondary N) is 1. The van der Waals surface area contributed by atoms with E-state index in [0.717, 1.165) is 82.4 Å². The number of rotatable bonds is 8. The first-order valence-corrected chi connectivity index (χ1v) is 21.4.